The maximum atomic E-state index is 12.5. The zero-order valence-electron chi connectivity index (χ0n) is 11.5. The van der Waals surface area contributed by atoms with Crippen molar-refractivity contribution in [3.8, 4) is 0 Å². The summed E-state index contributed by atoms with van der Waals surface area (Å²) in [5.74, 6) is 0. The molecule has 0 radical (unpaired) electrons. The summed E-state index contributed by atoms with van der Waals surface area (Å²) in [6, 6.07) is 7.12. The first-order chi connectivity index (χ1) is 10.0. The van der Waals surface area contributed by atoms with Gasteiger partial charge in [0.2, 0.25) is 0 Å². The van der Waals surface area contributed by atoms with Crippen molar-refractivity contribution in [2.24, 2.45) is 0 Å². The van der Waals surface area contributed by atoms with Crippen molar-refractivity contribution in [2.45, 2.75) is 38.5 Å². The van der Waals surface area contributed by atoms with Crippen LogP contribution in [0.1, 0.15) is 29.8 Å². The van der Waals surface area contributed by atoms with Gasteiger partial charge in [0.15, 0.2) is 0 Å². The van der Waals surface area contributed by atoms with E-state index in [2.05, 4.69) is 16.5 Å². The number of hydrogen-bond donors (Lipinski definition) is 1. The number of aryl methyl sites for hydroxylation is 2. The van der Waals surface area contributed by atoms with Gasteiger partial charge in [-0.3, -0.25) is 4.68 Å². The van der Waals surface area contributed by atoms with E-state index in [9.17, 15) is 13.2 Å². The Kier molecular flexibility index (Phi) is 3.61. The highest BCUT2D eigenvalue weighted by molar-refractivity contribution is 5.45. The standard InChI is InChI=1S/C15H16F3N3/c16-15(17,18)11-4-6-12(7-5-11)19-10-13-9-14-3-1-2-8-21(14)20-13/h4-7,9,19H,1-3,8,10H2. The van der Waals surface area contributed by atoms with Crippen LogP contribution >= 0.6 is 0 Å². The fourth-order valence-corrected chi connectivity index (χ4v) is 2.53. The minimum absolute atomic E-state index is 0.519. The molecule has 0 saturated carbocycles. The predicted molar refractivity (Wildman–Crippen MR) is 73.9 cm³/mol. The molecule has 0 saturated heterocycles. The van der Waals surface area contributed by atoms with Gasteiger partial charge in [-0.2, -0.15) is 18.3 Å². The molecule has 0 fully saturated rings. The van der Waals surface area contributed by atoms with Gasteiger partial charge in [-0.05, 0) is 49.6 Å². The number of nitrogens with zero attached hydrogens (tertiary/aromatic N) is 2. The summed E-state index contributed by atoms with van der Waals surface area (Å²) in [5.41, 5.74) is 2.19. The molecular weight excluding hydrogens is 279 g/mol. The molecular formula is C15H16F3N3. The normalized spacial score (nSPS) is 14.8. The van der Waals surface area contributed by atoms with E-state index in [-0.39, 0.29) is 0 Å². The summed E-state index contributed by atoms with van der Waals surface area (Å²) < 4.78 is 39.4. The molecule has 1 aromatic heterocycles. The van der Waals surface area contributed by atoms with Crippen LogP contribution < -0.4 is 5.32 Å². The van der Waals surface area contributed by atoms with E-state index in [1.54, 1.807) is 0 Å². The van der Waals surface area contributed by atoms with Crippen LogP contribution in [0.15, 0.2) is 30.3 Å². The Bertz CT molecular complexity index is 591. The maximum Gasteiger partial charge on any atom is 0.416 e. The zero-order chi connectivity index (χ0) is 14.9. The number of aromatic nitrogens is 2. The van der Waals surface area contributed by atoms with Crippen LogP contribution in [0.5, 0.6) is 0 Å². The van der Waals surface area contributed by atoms with E-state index in [4.69, 9.17) is 0 Å². The topological polar surface area (TPSA) is 29.9 Å². The van der Waals surface area contributed by atoms with Gasteiger partial charge in [-0.15, -0.1) is 0 Å². The van der Waals surface area contributed by atoms with Crippen molar-refractivity contribution in [1.29, 1.82) is 0 Å². The third-order valence-electron chi connectivity index (χ3n) is 3.65. The number of alkyl halides is 3. The molecule has 0 aliphatic carbocycles. The maximum absolute atomic E-state index is 12.5. The Labute approximate surface area is 120 Å². The van der Waals surface area contributed by atoms with Gasteiger partial charge < -0.3 is 5.32 Å². The lowest BCUT2D eigenvalue weighted by Crippen LogP contribution is -2.11. The lowest BCUT2D eigenvalue weighted by molar-refractivity contribution is -0.137. The van der Waals surface area contributed by atoms with E-state index in [0.717, 1.165) is 37.2 Å². The van der Waals surface area contributed by atoms with Gasteiger partial charge in [0.05, 0.1) is 17.8 Å². The highest BCUT2D eigenvalue weighted by Crippen LogP contribution is 2.29. The van der Waals surface area contributed by atoms with Crippen LogP contribution in [-0.2, 0) is 25.7 Å². The summed E-state index contributed by atoms with van der Waals surface area (Å²) in [7, 11) is 0. The molecule has 0 atom stereocenters. The van der Waals surface area contributed by atoms with E-state index in [0.29, 0.717) is 12.2 Å². The van der Waals surface area contributed by atoms with Crippen LogP contribution in [0.4, 0.5) is 18.9 Å². The molecule has 0 bridgehead atoms. The quantitative estimate of drug-likeness (QED) is 0.932. The number of halogens is 3. The number of anilines is 1. The SMILES string of the molecule is FC(F)(F)c1ccc(NCc2cc3n(n2)CCCC3)cc1. The average Bonchev–Trinajstić information content (AvgIpc) is 2.87. The number of fused-ring (bicyclic) bond motifs is 1. The molecule has 0 amide bonds. The minimum Gasteiger partial charge on any atom is -0.379 e. The second kappa shape index (κ2) is 5.42. The molecule has 6 heteroatoms. The smallest absolute Gasteiger partial charge is 0.379 e. The molecule has 112 valence electrons. The molecule has 0 spiro atoms. The Hall–Kier alpha value is -1.98. The molecule has 3 nitrogen and oxygen atoms in total. The van der Waals surface area contributed by atoms with Crippen LogP contribution in [0.2, 0.25) is 0 Å². The first-order valence-electron chi connectivity index (χ1n) is 6.99. The lowest BCUT2D eigenvalue weighted by Gasteiger charge is -2.11. The van der Waals surface area contributed by atoms with Crippen LogP contribution in [0, 0.1) is 0 Å². The Morgan fingerprint density at radius 3 is 2.57 bits per heavy atom. The molecule has 1 aromatic carbocycles. The van der Waals surface area contributed by atoms with E-state index >= 15 is 0 Å². The largest absolute Gasteiger partial charge is 0.416 e. The molecule has 3 rings (SSSR count). The number of rotatable bonds is 3. The van der Waals surface area contributed by atoms with Crippen LogP contribution in [0.3, 0.4) is 0 Å². The second-order valence-corrected chi connectivity index (χ2v) is 5.24. The number of nitrogens with one attached hydrogen (secondary N) is 1. The van der Waals surface area contributed by atoms with Gasteiger partial charge in [-0.25, -0.2) is 0 Å². The molecule has 1 aliphatic rings. The van der Waals surface area contributed by atoms with Gasteiger partial charge in [0, 0.05) is 17.9 Å². The van der Waals surface area contributed by atoms with Crippen molar-refractivity contribution >= 4 is 5.69 Å². The molecule has 2 heterocycles. The summed E-state index contributed by atoms with van der Waals surface area (Å²) in [6.07, 6.45) is -0.896. The number of benzene rings is 1. The molecule has 1 N–H and O–H groups in total. The Morgan fingerprint density at radius 2 is 1.90 bits per heavy atom. The molecule has 2 aromatic rings. The van der Waals surface area contributed by atoms with Crippen molar-refractivity contribution < 1.29 is 13.2 Å². The van der Waals surface area contributed by atoms with E-state index < -0.39 is 11.7 Å². The highest BCUT2D eigenvalue weighted by Gasteiger charge is 2.29. The van der Waals surface area contributed by atoms with Crippen molar-refractivity contribution in [1.82, 2.24) is 9.78 Å². The van der Waals surface area contributed by atoms with Gasteiger partial charge in [0.1, 0.15) is 0 Å². The van der Waals surface area contributed by atoms with Crippen LogP contribution in [0.25, 0.3) is 0 Å². The first kappa shape index (κ1) is 14.0. The lowest BCUT2D eigenvalue weighted by atomic mass is 10.1. The Balaban J connectivity index is 1.63. The molecule has 1 aliphatic heterocycles. The summed E-state index contributed by atoms with van der Waals surface area (Å²) in [6.45, 7) is 1.47. The zero-order valence-corrected chi connectivity index (χ0v) is 11.5. The summed E-state index contributed by atoms with van der Waals surface area (Å²) in [5, 5.41) is 7.60. The van der Waals surface area contributed by atoms with Gasteiger partial charge >= 0.3 is 6.18 Å². The van der Waals surface area contributed by atoms with Crippen molar-refractivity contribution in [3.05, 3.63) is 47.3 Å². The van der Waals surface area contributed by atoms with E-state index in [1.807, 2.05) is 4.68 Å². The fraction of sp³-hybridized carbons (Fsp3) is 0.400. The first-order valence-corrected chi connectivity index (χ1v) is 6.99. The van der Waals surface area contributed by atoms with Gasteiger partial charge in [-0.1, -0.05) is 0 Å². The fourth-order valence-electron chi connectivity index (χ4n) is 2.53. The number of hydrogen-bond acceptors (Lipinski definition) is 2. The Morgan fingerprint density at radius 1 is 1.14 bits per heavy atom. The highest BCUT2D eigenvalue weighted by atomic mass is 19.4. The van der Waals surface area contributed by atoms with Crippen LogP contribution in [-0.4, -0.2) is 9.78 Å². The van der Waals surface area contributed by atoms with Crippen molar-refractivity contribution in [3.63, 3.8) is 0 Å². The minimum atomic E-state index is -4.29. The van der Waals surface area contributed by atoms with Gasteiger partial charge in [0.25, 0.3) is 0 Å². The molecule has 21 heavy (non-hydrogen) atoms. The third-order valence-corrected chi connectivity index (χ3v) is 3.65. The molecule has 0 unspecified atom stereocenters. The second-order valence-electron chi connectivity index (χ2n) is 5.24. The predicted octanol–water partition coefficient (Wildman–Crippen LogP) is 3.85. The van der Waals surface area contributed by atoms with Crippen molar-refractivity contribution in [2.75, 3.05) is 5.32 Å². The summed E-state index contributed by atoms with van der Waals surface area (Å²) in [4.78, 5) is 0. The van der Waals surface area contributed by atoms with E-state index in [1.165, 1.54) is 24.2 Å². The monoisotopic (exact) mass is 295 g/mol. The summed E-state index contributed by atoms with van der Waals surface area (Å²) >= 11 is 0. The third kappa shape index (κ3) is 3.20. The average molecular weight is 295 g/mol.